The van der Waals surface area contributed by atoms with Gasteiger partial charge in [-0.05, 0) is 34.6 Å². The number of pyridine rings is 1. The molecule has 0 aliphatic heterocycles. The maximum atomic E-state index is 6.02. The van der Waals surface area contributed by atoms with Gasteiger partial charge in [0.25, 0.3) is 0 Å². The van der Waals surface area contributed by atoms with Gasteiger partial charge in [-0.2, -0.15) is 0 Å². The van der Waals surface area contributed by atoms with E-state index in [1.54, 1.807) is 0 Å². The molecule has 0 saturated carbocycles. The first-order chi connectivity index (χ1) is 6.59. The fourth-order valence-electron chi connectivity index (χ4n) is 1.29. The number of hydrogen-bond donors (Lipinski definition) is 0. The molecule has 2 nitrogen and oxygen atoms in total. The van der Waals surface area contributed by atoms with E-state index in [-0.39, 0.29) is 0 Å². The van der Waals surface area contributed by atoms with Crippen molar-refractivity contribution in [2.75, 3.05) is 0 Å². The highest BCUT2D eigenvalue weighted by Gasteiger charge is 2.09. The Hall–Kier alpha value is -0.290. The van der Waals surface area contributed by atoms with Crippen molar-refractivity contribution in [1.82, 2.24) is 9.38 Å². The van der Waals surface area contributed by atoms with E-state index in [0.717, 1.165) is 19.9 Å². The van der Waals surface area contributed by atoms with Crippen LogP contribution in [-0.4, -0.2) is 9.38 Å². The van der Waals surface area contributed by atoms with E-state index in [0.29, 0.717) is 5.92 Å². The lowest BCUT2D eigenvalue weighted by Crippen LogP contribution is -1.86. The number of imidazole rings is 1. The largest absolute Gasteiger partial charge is 0.306 e. The molecule has 0 amide bonds. The summed E-state index contributed by atoms with van der Waals surface area (Å²) >= 11 is 8.24. The smallest absolute Gasteiger partial charge is 0.152 e. The topological polar surface area (TPSA) is 17.3 Å². The second-order valence-corrected chi connectivity index (χ2v) is 5.01. The minimum atomic E-state index is 0.449. The average Bonchev–Trinajstić information content (AvgIpc) is 2.56. The standard InChI is InChI=1S/C10H10ClIN2/c1-6(2)8-5-14-4-3-7(11)9(12)10(14)13-8/h3-6H,1-2H3. The van der Waals surface area contributed by atoms with Gasteiger partial charge in [-0.25, -0.2) is 4.98 Å². The third-order valence-corrected chi connectivity index (χ3v) is 3.83. The van der Waals surface area contributed by atoms with Gasteiger partial charge in [0.1, 0.15) is 0 Å². The van der Waals surface area contributed by atoms with Crippen molar-refractivity contribution < 1.29 is 0 Å². The van der Waals surface area contributed by atoms with Crippen LogP contribution in [0.2, 0.25) is 5.02 Å². The quantitative estimate of drug-likeness (QED) is 0.732. The van der Waals surface area contributed by atoms with Gasteiger partial charge in [-0.1, -0.05) is 25.4 Å². The van der Waals surface area contributed by atoms with Crippen LogP contribution in [0.15, 0.2) is 18.5 Å². The predicted molar refractivity (Wildman–Crippen MR) is 67.0 cm³/mol. The van der Waals surface area contributed by atoms with Crippen LogP contribution in [0.4, 0.5) is 0 Å². The van der Waals surface area contributed by atoms with E-state index in [9.17, 15) is 0 Å². The first-order valence-corrected chi connectivity index (χ1v) is 5.88. The summed E-state index contributed by atoms with van der Waals surface area (Å²) in [7, 11) is 0. The van der Waals surface area contributed by atoms with Crippen LogP contribution in [0.25, 0.3) is 5.65 Å². The minimum Gasteiger partial charge on any atom is -0.306 e. The van der Waals surface area contributed by atoms with Crippen LogP contribution in [-0.2, 0) is 0 Å². The van der Waals surface area contributed by atoms with Crippen LogP contribution in [0, 0.1) is 3.57 Å². The number of halogens is 2. The van der Waals surface area contributed by atoms with Crippen molar-refractivity contribution in [3.63, 3.8) is 0 Å². The van der Waals surface area contributed by atoms with Gasteiger partial charge in [-0.15, -0.1) is 0 Å². The zero-order valence-electron chi connectivity index (χ0n) is 7.96. The van der Waals surface area contributed by atoms with Crippen molar-refractivity contribution >= 4 is 39.8 Å². The van der Waals surface area contributed by atoms with E-state index >= 15 is 0 Å². The highest BCUT2D eigenvalue weighted by molar-refractivity contribution is 14.1. The normalized spacial score (nSPS) is 11.5. The Morgan fingerprint density at radius 3 is 2.86 bits per heavy atom. The maximum absolute atomic E-state index is 6.02. The van der Waals surface area contributed by atoms with Gasteiger partial charge in [0, 0.05) is 12.4 Å². The second kappa shape index (κ2) is 3.70. The fraction of sp³-hybridized carbons (Fsp3) is 0.300. The molecule has 0 atom stereocenters. The van der Waals surface area contributed by atoms with Crippen LogP contribution in [0.1, 0.15) is 25.5 Å². The predicted octanol–water partition coefficient (Wildman–Crippen LogP) is 3.72. The molecular formula is C10H10ClIN2. The maximum Gasteiger partial charge on any atom is 0.152 e. The Labute approximate surface area is 101 Å². The van der Waals surface area contributed by atoms with Crippen LogP contribution in [0.5, 0.6) is 0 Å². The summed E-state index contributed by atoms with van der Waals surface area (Å²) in [4.78, 5) is 4.54. The summed E-state index contributed by atoms with van der Waals surface area (Å²) in [5.74, 6) is 0.449. The first-order valence-electron chi connectivity index (χ1n) is 4.42. The average molecular weight is 321 g/mol. The molecule has 0 spiro atoms. The second-order valence-electron chi connectivity index (χ2n) is 3.53. The van der Waals surface area contributed by atoms with Crippen molar-refractivity contribution in [3.05, 3.63) is 32.7 Å². The molecule has 2 rings (SSSR count). The summed E-state index contributed by atoms with van der Waals surface area (Å²) in [5.41, 5.74) is 2.05. The highest BCUT2D eigenvalue weighted by atomic mass is 127. The zero-order chi connectivity index (χ0) is 10.3. The van der Waals surface area contributed by atoms with Crippen LogP contribution < -0.4 is 0 Å². The van der Waals surface area contributed by atoms with Crippen molar-refractivity contribution in [1.29, 1.82) is 0 Å². The number of nitrogens with zero attached hydrogens (tertiary/aromatic N) is 2. The molecule has 4 heteroatoms. The van der Waals surface area contributed by atoms with Crippen molar-refractivity contribution in [2.24, 2.45) is 0 Å². The fourth-order valence-corrected chi connectivity index (χ4v) is 2.01. The van der Waals surface area contributed by atoms with E-state index < -0.39 is 0 Å². The molecule has 0 radical (unpaired) electrons. The first kappa shape index (κ1) is 10.2. The van der Waals surface area contributed by atoms with Gasteiger partial charge < -0.3 is 4.40 Å². The lowest BCUT2D eigenvalue weighted by atomic mass is 10.2. The molecule has 0 aliphatic rings. The zero-order valence-corrected chi connectivity index (χ0v) is 10.9. The summed E-state index contributed by atoms with van der Waals surface area (Å²) in [6, 6.07) is 1.89. The van der Waals surface area contributed by atoms with Crippen molar-refractivity contribution in [2.45, 2.75) is 19.8 Å². The molecule has 0 fully saturated rings. The molecule has 14 heavy (non-hydrogen) atoms. The van der Waals surface area contributed by atoms with E-state index in [1.165, 1.54) is 0 Å². The Bertz CT molecular complexity index is 476. The molecule has 0 bridgehead atoms. The Kier molecular flexibility index (Phi) is 2.70. The summed E-state index contributed by atoms with van der Waals surface area (Å²) < 4.78 is 3.03. The summed E-state index contributed by atoms with van der Waals surface area (Å²) in [6.07, 6.45) is 4.00. The lowest BCUT2D eigenvalue weighted by molar-refractivity contribution is 0.834. The molecule has 0 aliphatic carbocycles. The molecular weight excluding hydrogens is 310 g/mol. The van der Waals surface area contributed by atoms with Crippen LogP contribution in [0.3, 0.4) is 0 Å². The number of aromatic nitrogens is 2. The van der Waals surface area contributed by atoms with Crippen LogP contribution >= 0.6 is 34.2 Å². The molecule has 74 valence electrons. The summed E-state index contributed by atoms with van der Waals surface area (Å²) in [6.45, 7) is 4.27. The van der Waals surface area contributed by atoms with Gasteiger partial charge in [0.2, 0.25) is 0 Å². The van der Waals surface area contributed by atoms with Gasteiger partial charge in [0.05, 0.1) is 14.3 Å². The van der Waals surface area contributed by atoms with E-state index in [2.05, 4.69) is 47.6 Å². The number of hydrogen-bond acceptors (Lipinski definition) is 1. The molecule has 2 aromatic heterocycles. The van der Waals surface area contributed by atoms with Gasteiger partial charge in [0.15, 0.2) is 5.65 Å². The highest BCUT2D eigenvalue weighted by Crippen LogP contribution is 2.24. The molecule has 2 heterocycles. The minimum absolute atomic E-state index is 0.449. The molecule has 0 unspecified atom stereocenters. The Balaban J connectivity index is 2.71. The Morgan fingerprint density at radius 2 is 2.21 bits per heavy atom. The number of fused-ring (bicyclic) bond motifs is 1. The SMILES string of the molecule is CC(C)c1cn2ccc(Cl)c(I)c2n1. The third kappa shape index (κ3) is 1.63. The van der Waals surface area contributed by atoms with E-state index in [1.807, 2.05) is 16.7 Å². The monoisotopic (exact) mass is 320 g/mol. The van der Waals surface area contributed by atoms with Crippen molar-refractivity contribution in [3.8, 4) is 0 Å². The van der Waals surface area contributed by atoms with Gasteiger partial charge >= 0.3 is 0 Å². The molecule has 0 saturated heterocycles. The van der Waals surface area contributed by atoms with Gasteiger partial charge in [-0.3, -0.25) is 0 Å². The number of rotatable bonds is 1. The Morgan fingerprint density at radius 1 is 1.50 bits per heavy atom. The molecule has 0 N–H and O–H groups in total. The molecule has 2 aromatic rings. The third-order valence-electron chi connectivity index (χ3n) is 2.13. The molecule has 0 aromatic carbocycles. The lowest BCUT2D eigenvalue weighted by Gasteiger charge is -1.97. The summed E-state index contributed by atoms with van der Waals surface area (Å²) in [5, 5.41) is 0.763. The van der Waals surface area contributed by atoms with E-state index in [4.69, 9.17) is 11.6 Å².